The third kappa shape index (κ3) is 5.25. The van der Waals surface area contributed by atoms with Gasteiger partial charge in [-0.05, 0) is 24.6 Å². The van der Waals surface area contributed by atoms with E-state index < -0.39 is 30.5 Å². The van der Waals surface area contributed by atoms with Gasteiger partial charge in [-0.1, -0.05) is 12.1 Å². The molecule has 0 amide bonds. The molecule has 1 aromatic rings. The average Bonchev–Trinajstić information content (AvgIpc) is 2.30. The van der Waals surface area contributed by atoms with E-state index in [4.69, 9.17) is 4.74 Å². The predicted molar refractivity (Wildman–Crippen MR) is 59.8 cm³/mol. The molecule has 0 aliphatic heterocycles. The monoisotopic (exact) mass is 279 g/mol. The first-order valence-corrected chi connectivity index (χ1v) is 5.55. The lowest BCUT2D eigenvalue weighted by Gasteiger charge is -2.18. The Labute approximate surface area is 107 Å². The molecule has 7 heteroatoms. The van der Waals surface area contributed by atoms with E-state index in [1.807, 2.05) is 0 Å². The minimum Gasteiger partial charge on any atom is -0.465 e. The van der Waals surface area contributed by atoms with Gasteiger partial charge in [0.2, 0.25) is 0 Å². The summed E-state index contributed by atoms with van der Waals surface area (Å²) < 4.78 is 54.0. The molecule has 0 radical (unpaired) electrons. The second-order valence-electron chi connectivity index (χ2n) is 3.73. The van der Waals surface area contributed by atoms with Gasteiger partial charge in [0, 0.05) is 0 Å². The Morgan fingerprint density at radius 2 is 1.89 bits per heavy atom. The first-order chi connectivity index (χ1) is 8.83. The molecule has 106 valence electrons. The van der Waals surface area contributed by atoms with Gasteiger partial charge < -0.3 is 4.74 Å². The smallest absolute Gasteiger partial charge is 0.401 e. The van der Waals surface area contributed by atoms with Crippen molar-refractivity contribution >= 4 is 5.97 Å². The molecule has 0 aliphatic carbocycles. The lowest BCUT2D eigenvalue weighted by Crippen LogP contribution is -2.36. The molecule has 1 unspecified atom stereocenters. The summed E-state index contributed by atoms with van der Waals surface area (Å²) in [6, 6.07) is 3.33. The predicted octanol–water partition coefficient (Wildman–Crippen LogP) is 2.58. The Balaban J connectivity index is 2.85. The van der Waals surface area contributed by atoms with Gasteiger partial charge in [-0.15, -0.1) is 0 Å². The zero-order valence-electron chi connectivity index (χ0n) is 10.1. The van der Waals surface area contributed by atoms with Crippen molar-refractivity contribution in [2.24, 2.45) is 0 Å². The van der Waals surface area contributed by atoms with Gasteiger partial charge in [0.1, 0.15) is 11.9 Å². The van der Waals surface area contributed by atoms with E-state index in [9.17, 15) is 22.4 Å². The fourth-order valence-electron chi connectivity index (χ4n) is 1.44. The first-order valence-electron chi connectivity index (χ1n) is 5.55. The highest BCUT2D eigenvalue weighted by molar-refractivity contribution is 5.77. The summed E-state index contributed by atoms with van der Waals surface area (Å²) in [7, 11) is 0. The molecular weight excluding hydrogens is 266 g/mol. The molecule has 1 N–H and O–H groups in total. The third-order valence-electron chi connectivity index (χ3n) is 2.23. The van der Waals surface area contributed by atoms with Crippen molar-refractivity contribution in [3.05, 3.63) is 35.6 Å². The van der Waals surface area contributed by atoms with E-state index in [1.54, 1.807) is 6.92 Å². The van der Waals surface area contributed by atoms with E-state index in [0.29, 0.717) is 0 Å². The van der Waals surface area contributed by atoms with Crippen molar-refractivity contribution in [1.29, 1.82) is 0 Å². The summed E-state index contributed by atoms with van der Waals surface area (Å²) in [5.74, 6) is -1.37. The topological polar surface area (TPSA) is 38.3 Å². The summed E-state index contributed by atoms with van der Waals surface area (Å²) in [5, 5.41) is 2.06. The van der Waals surface area contributed by atoms with Crippen LogP contribution in [0, 0.1) is 5.82 Å². The Hall–Kier alpha value is -1.63. The molecule has 1 rings (SSSR count). The third-order valence-corrected chi connectivity index (χ3v) is 2.23. The molecule has 0 bridgehead atoms. The van der Waals surface area contributed by atoms with Crippen LogP contribution in [-0.2, 0) is 9.53 Å². The van der Waals surface area contributed by atoms with Gasteiger partial charge in [-0.3, -0.25) is 5.32 Å². The van der Waals surface area contributed by atoms with Gasteiger partial charge in [0.15, 0.2) is 0 Å². The highest BCUT2D eigenvalue weighted by Gasteiger charge is 2.31. The van der Waals surface area contributed by atoms with Crippen molar-refractivity contribution in [2.75, 3.05) is 13.2 Å². The van der Waals surface area contributed by atoms with Gasteiger partial charge in [-0.25, -0.2) is 9.18 Å². The van der Waals surface area contributed by atoms with Gasteiger partial charge in [0.05, 0.1) is 13.2 Å². The van der Waals surface area contributed by atoms with Crippen molar-refractivity contribution < 1.29 is 27.1 Å². The van der Waals surface area contributed by atoms with E-state index in [1.165, 1.54) is 12.1 Å². The zero-order valence-corrected chi connectivity index (χ0v) is 10.1. The molecule has 0 fully saturated rings. The first kappa shape index (κ1) is 15.4. The minimum atomic E-state index is -4.45. The summed E-state index contributed by atoms with van der Waals surface area (Å²) in [5.41, 5.74) is 0.212. The second-order valence-corrected chi connectivity index (χ2v) is 3.73. The minimum absolute atomic E-state index is 0.0459. The number of halogens is 4. The van der Waals surface area contributed by atoms with Crippen LogP contribution in [0.4, 0.5) is 17.6 Å². The summed E-state index contributed by atoms with van der Waals surface area (Å²) in [6.45, 7) is 0.251. The van der Waals surface area contributed by atoms with Crippen LogP contribution in [0.15, 0.2) is 24.3 Å². The SMILES string of the molecule is CCOC(=O)C(NCC(F)(F)F)c1ccc(F)cc1. The fraction of sp³-hybridized carbons (Fsp3) is 0.417. The molecule has 3 nitrogen and oxygen atoms in total. The van der Waals surface area contributed by atoms with E-state index >= 15 is 0 Å². The number of nitrogens with one attached hydrogen (secondary N) is 1. The van der Waals surface area contributed by atoms with Gasteiger partial charge in [0.25, 0.3) is 0 Å². The summed E-state index contributed by atoms with van der Waals surface area (Å²) >= 11 is 0. The Morgan fingerprint density at radius 1 is 1.32 bits per heavy atom. The van der Waals surface area contributed by atoms with Crippen LogP contribution in [-0.4, -0.2) is 25.3 Å². The average molecular weight is 279 g/mol. The number of ether oxygens (including phenoxy) is 1. The molecule has 0 spiro atoms. The van der Waals surface area contributed by atoms with Crippen LogP contribution in [0.5, 0.6) is 0 Å². The number of hydrogen-bond donors (Lipinski definition) is 1. The van der Waals surface area contributed by atoms with E-state index in [-0.39, 0.29) is 12.2 Å². The van der Waals surface area contributed by atoms with Crippen molar-refractivity contribution in [1.82, 2.24) is 5.32 Å². The molecule has 1 atom stereocenters. The van der Waals surface area contributed by atoms with Gasteiger partial charge >= 0.3 is 12.1 Å². The molecular formula is C12H13F4NO2. The van der Waals surface area contributed by atoms with Crippen LogP contribution in [0.25, 0.3) is 0 Å². The molecule has 0 heterocycles. The largest absolute Gasteiger partial charge is 0.465 e. The normalized spacial score (nSPS) is 13.1. The van der Waals surface area contributed by atoms with Gasteiger partial charge in [-0.2, -0.15) is 13.2 Å². The van der Waals surface area contributed by atoms with Crippen LogP contribution >= 0.6 is 0 Å². The molecule has 0 saturated carbocycles. The van der Waals surface area contributed by atoms with Crippen LogP contribution in [0.3, 0.4) is 0 Å². The van der Waals surface area contributed by atoms with Crippen LogP contribution < -0.4 is 5.32 Å². The molecule has 1 aromatic carbocycles. The van der Waals surface area contributed by atoms with Crippen LogP contribution in [0.1, 0.15) is 18.5 Å². The van der Waals surface area contributed by atoms with Crippen molar-refractivity contribution in [3.63, 3.8) is 0 Å². The van der Waals surface area contributed by atoms with Crippen LogP contribution in [0.2, 0.25) is 0 Å². The number of carbonyl (C=O) groups excluding carboxylic acids is 1. The Kier molecular flexibility index (Phi) is 5.29. The standard InChI is InChI=1S/C12H13F4NO2/c1-2-19-11(18)10(17-7-12(14,15)16)8-3-5-9(13)6-4-8/h3-6,10,17H,2,7H2,1H3. The molecule has 0 aromatic heterocycles. The number of carbonyl (C=O) groups is 1. The number of rotatable bonds is 5. The second kappa shape index (κ2) is 6.51. The van der Waals surface area contributed by atoms with Crippen molar-refractivity contribution in [2.45, 2.75) is 19.1 Å². The van der Waals surface area contributed by atoms with E-state index in [2.05, 4.69) is 5.32 Å². The molecule has 19 heavy (non-hydrogen) atoms. The fourth-order valence-corrected chi connectivity index (χ4v) is 1.44. The number of benzene rings is 1. The zero-order chi connectivity index (χ0) is 14.5. The Morgan fingerprint density at radius 3 is 2.37 bits per heavy atom. The van der Waals surface area contributed by atoms with E-state index in [0.717, 1.165) is 12.1 Å². The highest BCUT2D eigenvalue weighted by atomic mass is 19.4. The summed E-state index contributed by atoms with van der Waals surface area (Å²) in [6.07, 6.45) is -4.45. The maximum atomic E-state index is 12.8. The summed E-state index contributed by atoms with van der Waals surface area (Å²) in [4.78, 5) is 11.6. The highest BCUT2D eigenvalue weighted by Crippen LogP contribution is 2.19. The van der Waals surface area contributed by atoms with Crippen molar-refractivity contribution in [3.8, 4) is 0 Å². The number of hydrogen-bond acceptors (Lipinski definition) is 3. The quantitative estimate of drug-likeness (QED) is 0.665. The lowest BCUT2D eigenvalue weighted by atomic mass is 10.1. The molecule has 0 saturated heterocycles. The number of esters is 1. The Bertz CT molecular complexity index is 417. The lowest BCUT2D eigenvalue weighted by molar-refractivity contribution is -0.149. The number of alkyl halides is 3. The maximum absolute atomic E-state index is 12.8. The maximum Gasteiger partial charge on any atom is 0.401 e. The molecule has 0 aliphatic rings.